The molecular weight excluding hydrogens is 290 g/mol. The quantitative estimate of drug-likeness (QED) is 0.787. The van der Waals surface area contributed by atoms with Gasteiger partial charge in [0, 0.05) is 11.0 Å². The number of rotatable bonds is 6. The first-order chi connectivity index (χ1) is 8.42. The van der Waals surface area contributed by atoms with Crippen LogP contribution in [0.5, 0.6) is 5.75 Å². The van der Waals surface area contributed by atoms with E-state index in [1.165, 1.54) is 12.0 Å². The predicted octanol–water partition coefficient (Wildman–Crippen LogP) is 4.37. The van der Waals surface area contributed by atoms with Gasteiger partial charge in [-0.3, -0.25) is 0 Å². The van der Waals surface area contributed by atoms with Crippen molar-refractivity contribution in [2.75, 3.05) is 13.7 Å². The van der Waals surface area contributed by atoms with E-state index in [2.05, 4.69) is 48.1 Å². The van der Waals surface area contributed by atoms with E-state index in [-0.39, 0.29) is 0 Å². The average molecular weight is 314 g/mol. The Bertz CT molecular complexity index is 371. The van der Waals surface area contributed by atoms with Crippen LogP contribution in [-0.2, 0) is 6.54 Å². The first-order valence-electron chi connectivity index (χ1n) is 6.48. The molecule has 0 amide bonds. The lowest BCUT2D eigenvalue weighted by Crippen LogP contribution is -2.08. The second kappa shape index (κ2) is 7.15. The van der Waals surface area contributed by atoms with Crippen molar-refractivity contribution < 1.29 is 4.74 Å². The van der Waals surface area contributed by atoms with Crippen LogP contribution in [0.4, 0.5) is 0 Å². The second-order valence-electron chi connectivity index (χ2n) is 5.80. The Morgan fingerprint density at radius 2 is 2.00 bits per heavy atom. The second-order valence-corrected chi connectivity index (χ2v) is 6.65. The Labute approximate surface area is 119 Å². The highest BCUT2D eigenvalue weighted by Crippen LogP contribution is 2.24. The smallest absolute Gasteiger partial charge is 0.119 e. The van der Waals surface area contributed by atoms with Crippen LogP contribution in [0.1, 0.15) is 39.2 Å². The Morgan fingerprint density at radius 3 is 2.61 bits per heavy atom. The molecule has 1 aromatic carbocycles. The molecule has 0 aliphatic rings. The molecule has 2 nitrogen and oxygen atoms in total. The van der Waals surface area contributed by atoms with E-state index in [0.717, 1.165) is 29.8 Å². The number of hydrogen-bond acceptors (Lipinski definition) is 2. The van der Waals surface area contributed by atoms with Gasteiger partial charge in [-0.25, -0.2) is 0 Å². The molecule has 18 heavy (non-hydrogen) atoms. The lowest BCUT2D eigenvalue weighted by Gasteiger charge is -2.18. The topological polar surface area (TPSA) is 21.3 Å². The van der Waals surface area contributed by atoms with Crippen LogP contribution in [0.15, 0.2) is 22.7 Å². The average Bonchev–Trinajstić information content (AvgIpc) is 2.28. The van der Waals surface area contributed by atoms with Gasteiger partial charge in [-0.05, 0) is 49.1 Å². The minimum atomic E-state index is 0.389. The normalized spacial score (nSPS) is 11.6. The zero-order valence-electron chi connectivity index (χ0n) is 11.8. The van der Waals surface area contributed by atoms with Gasteiger partial charge in [-0.2, -0.15) is 0 Å². The minimum absolute atomic E-state index is 0.389. The fourth-order valence-corrected chi connectivity index (χ4v) is 2.15. The molecule has 0 radical (unpaired) electrons. The summed E-state index contributed by atoms with van der Waals surface area (Å²) in [5.41, 5.74) is 1.62. The zero-order chi connectivity index (χ0) is 13.6. The molecule has 0 aliphatic heterocycles. The van der Waals surface area contributed by atoms with Crippen LogP contribution in [0.3, 0.4) is 0 Å². The first-order valence-corrected chi connectivity index (χ1v) is 7.27. The van der Waals surface area contributed by atoms with Crippen LogP contribution in [0, 0.1) is 5.41 Å². The van der Waals surface area contributed by atoms with Gasteiger partial charge in [0.2, 0.25) is 0 Å². The molecule has 102 valence electrons. The number of halogens is 1. The van der Waals surface area contributed by atoms with E-state index in [4.69, 9.17) is 4.74 Å². The summed E-state index contributed by atoms with van der Waals surface area (Å²) in [6.45, 7) is 8.42. The Kier molecular flexibility index (Phi) is 6.16. The maximum Gasteiger partial charge on any atom is 0.119 e. The van der Waals surface area contributed by atoms with Gasteiger partial charge in [-0.15, -0.1) is 0 Å². The summed E-state index contributed by atoms with van der Waals surface area (Å²) in [5.74, 6) is 0.956. The Balaban J connectivity index is 2.45. The molecule has 0 saturated heterocycles. The van der Waals surface area contributed by atoms with E-state index < -0.39 is 0 Å². The Hall–Kier alpha value is -0.540. The molecule has 0 bridgehead atoms. The van der Waals surface area contributed by atoms with Crippen molar-refractivity contribution in [3.05, 3.63) is 28.2 Å². The number of hydrogen-bond donors (Lipinski definition) is 1. The van der Waals surface area contributed by atoms with Gasteiger partial charge >= 0.3 is 0 Å². The van der Waals surface area contributed by atoms with Crippen LogP contribution < -0.4 is 10.1 Å². The summed E-state index contributed by atoms with van der Waals surface area (Å²) in [6.07, 6.45) is 2.29. The lowest BCUT2D eigenvalue weighted by atomic mass is 9.91. The maximum atomic E-state index is 5.79. The number of nitrogens with one attached hydrogen (secondary N) is 1. The van der Waals surface area contributed by atoms with E-state index in [1.807, 2.05) is 19.2 Å². The Morgan fingerprint density at radius 1 is 1.28 bits per heavy atom. The van der Waals surface area contributed by atoms with Gasteiger partial charge in [0.25, 0.3) is 0 Å². The van der Waals surface area contributed by atoms with Gasteiger partial charge in [0.05, 0.1) is 6.61 Å². The van der Waals surface area contributed by atoms with Gasteiger partial charge in [0.1, 0.15) is 5.75 Å². The first kappa shape index (κ1) is 15.5. The largest absolute Gasteiger partial charge is 0.494 e. The van der Waals surface area contributed by atoms with Crippen molar-refractivity contribution in [3.63, 3.8) is 0 Å². The van der Waals surface area contributed by atoms with Crippen molar-refractivity contribution in [2.45, 2.75) is 40.2 Å². The zero-order valence-corrected chi connectivity index (χ0v) is 13.4. The highest BCUT2D eigenvalue weighted by Gasteiger charge is 2.09. The van der Waals surface area contributed by atoms with Crippen molar-refractivity contribution in [1.82, 2.24) is 5.32 Å². The summed E-state index contributed by atoms with van der Waals surface area (Å²) in [4.78, 5) is 0. The molecule has 0 unspecified atom stereocenters. The van der Waals surface area contributed by atoms with E-state index >= 15 is 0 Å². The van der Waals surface area contributed by atoms with Crippen molar-refractivity contribution in [1.29, 1.82) is 0 Å². The molecule has 0 fully saturated rings. The minimum Gasteiger partial charge on any atom is -0.494 e. The molecule has 1 aromatic rings. The molecule has 0 atom stereocenters. The third kappa shape index (κ3) is 5.87. The standard InChI is InChI=1S/C15H24BrNO/c1-15(2,3)8-5-9-18-13-6-7-14(16)12(10-13)11-17-4/h6-7,10,17H,5,8-9,11H2,1-4H3. The van der Waals surface area contributed by atoms with E-state index in [9.17, 15) is 0 Å². The summed E-state index contributed by atoms with van der Waals surface area (Å²) in [7, 11) is 1.95. The molecule has 0 saturated carbocycles. The predicted molar refractivity (Wildman–Crippen MR) is 81.1 cm³/mol. The van der Waals surface area contributed by atoms with Crippen LogP contribution >= 0.6 is 15.9 Å². The van der Waals surface area contributed by atoms with Gasteiger partial charge in [0.15, 0.2) is 0 Å². The molecule has 0 aliphatic carbocycles. The molecule has 0 heterocycles. The highest BCUT2D eigenvalue weighted by atomic mass is 79.9. The molecule has 0 aromatic heterocycles. The molecular formula is C15H24BrNO. The summed E-state index contributed by atoms with van der Waals surface area (Å²) in [6, 6.07) is 6.16. The summed E-state index contributed by atoms with van der Waals surface area (Å²) >= 11 is 3.54. The van der Waals surface area contributed by atoms with E-state index in [1.54, 1.807) is 0 Å². The van der Waals surface area contributed by atoms with Gasteiger partial charge in [-0.1, -0.05) is 36.7 Å². The molecule has 1 rings (SSSR count). The number of benzene rings is 1. The van der Waals surface area contributed by atoms with Crippen molar-refractivity contribution >= 4 is 15.9 Å². The maximum absolute atomic E-state index is 5.79. The van der Waals surface area contributed by atoms with Crippen molar-refractivity contribution in [3.8, 4) is 5.75 Å². The highest BCUT2D eigenvalue weighted by molar-refractivity contribution is 9.10. The van der Waals surface area contributed by atoms with Crippen LogP contribution in [0.2, 0.25) is 0 Å². The van der Waals surface area contributed by atoms with Crippen LogP contribution in [0.25, 0.3) is 0 Å². The van der Waals surface area contributed by atoms with E-state index in [0.29, 0.717) is 5.41 Å². The lowest BCUT2D eigenvalue weighted by molar-refractivity contribution is 0.269. The van der Waals surface area contributed by atoms with Gasteiger partial charge < -0.3 is 10.1 Å². The summed E-state index contributed by atoms with van der Waals surface area (Å²) in [5, 5.41) is 3.15. The molecule has 1 N–H and O–H groups in total. The third-order valence-electron chi connectivity index (χ3n) is 2.72. The fourth-order valence-electron chi connectivity index (χ4n) is 1.76. The van der Waals surface area contributed by atoms with Crippen molar-refractivity contribution in [2.24, 2.45) is 5.41 Å². The molecule has 0 spiro atoms. The monoisotopic (exact) mass is 313 g/mol. The summed E-state index contributed by atoms with van der Waals surface area (Å²) < 4.78 is 6.92. The fraction of sp³-hybridized carbons (Fsp3) is 0.600. The molecule has 3 heteroatoms. The van der Waals surface area contributed by atoms with Crippen LogP contribution in [-0.4, -0.2) is 13.7 Å². The SMILES string of the molecule is CNCc1cc(OCCCC(C)(C)C)ccc1Br. The third-order valence-corrected chi connectivity index (χ3v) is 3.50. The number of ether oxygens (including phenoxy) is 1.